The summed E-state index contributed by atoms with van der Waals surface area (Å²) in [7, 11) is 0. The molecule has 1 spiro atoms. The largest absolute Gasteiger partial charge is 0.429 e. The fraction of sp³-hybridized carbons (Fsp3) is 0.103. The summed E-state index contributed by atoms with van der Waals surface area (Å²) in [6.07, 6.45) is 11.8. The SMILES string of the molecule is C1=CCCC(N2c3nccnc3N(c3ccccc3)C23Oc2ccccc2N3c2ccccc2)=C1. The van der Waals surface area contributed by atoms with E-state index in [4.69, 9.17) is 14.7 Å². The molecular weight excluding hydrogens is 434 g/mol. The molecule has 1 atom stereocenters. The summed E-state index contributed by atoms with van der Waals surface area (Å²) in [6, 6.07) is 28.9. The smallest absolute Gasteiger partial charge is 0.370 e. The Bertz CT molecular complexity index is 1410. The van der Waals surface area contributed by atoms with E-state index in [2.05, 4.69) is 81.5 Å². The Kier molecular flexibility index (Phi) is 4.39. The summed E-state index contributed by atoms with van der Waals surface area (Å²) < 4.78 is 7.07. The van der Waals surface area contributed by atoms with Gasteiger partial charge in [-0.05, 0) is 55.3 Å². The van der Waals surface area contributed by atoms with Gasteiger partial charge in [0.25, 0.3) is 0 Å². The van der Waals surface area contributed by atoms with Crippen molar-refractivity contribution in [2.75, 3.05) is 14.7 Å². The van der Waals surface area contributed by atoms with Gasteiger partial charge in [-0.3, -0.25) is 4.90 Å². The lowest BCUT2D eigenvalue weighted by atomic mass is 10.1. The molecule has 170 valence electrons. The van der Waals surface area contributed by atoms with Crippen LogP contribution in [0.2, 0.25) is 0 Å². The monoisotopic (exact) mass is 457 g/mol. The molecule has 4 aromatic rings. The number of allylic oxidation sites excluding steroid dienone is 4. The van der Waals surface area contributed by atoms with Gasteiger partial charge in [-0.15, -0.1) is 0 Å². The number of nitrogens with zero attached hydrogens (tertiary/aromatic N) is 5. The molecule has 3 aliphatic rings. The van der Waals surface area contributed by atoms with Crippen molar-refractivity contribution in [3.8, 4) is 5.75 Å². The molecule has 0 saturated heterocycles. The predicted octanol–water partition coefficient (Wildman–Crippen LogP) is 6.51. The van der Waals surface area contributed by atoms with Crippen LogP contribution in [0.4, 0.5) is 28.7 Å². The molecule has 6 nitrogen and oxygen atoms in total. The lowest BCUT2D eigenvalue weighted by molar-refractivity contribution is 0.113. The van der Waals surface area contributed by atoms with Crippen molar-refractivity contribution in [3.63, 3.8) is 0 Å². The number of hydrogen-bond acceptors (Lipinski definition) is 6. The molecule has 1 unspecified atom stereocenters. The first-order chi connectivity index (χ1) is 17.4. The number of fused-ring (bicyclic) bond motifs is 2. The summed E-state index contributed by atoms with van der Waals surface area (Å²) in [5, 5.41) is 0. The average molecular weight is 458 g/mol. The first-order valence-corrected chi connectivity index (χ1v) is 11.8. The van der Waals surface area contributed by atoms with Gasteiger partial charge in [0.05, 0.1) is 11.4 Å². The number of anilines is 5. The fourth-order valence-electron chi connectivity index (χ4n) is 5.24. The summed E-state index contributed by atoms with van der Waals surface area (Å²) in [4.78, 5) is 16.3. The lowest BCUT2D eigenvalue weighted by Crippen LogP contribution is -2.66. The second-order valence-corrected chi connectivity index (χ2v) is 8.65. The van der Waals surface area contributed by atoms with E-state index in [1.54, 1.807) is 12.4 Å². The van der Waals surface area contributed by atoms with Gasteiger partial charge in [0, 0.05) is 23.8 Å². The number of ether oxygens (including phenoxy) is 1. The second kappa shape index (κ2) is 7.74. The van der Waals surface area contributed by atoms with Gasteiger partial charge in [-0.25, -0.2) is 19.8 Å². The first kappa shape index (κ1) is 19.9. The Morgan fingerprint density at radius 3 is 2.00 bits per heavy atom. The van der Waals surface area contributed by atoms with E-state index in [0.717, 1.165) is 53.0 Å². The molecule has 0 fully saturated rings. The van der Waals surface area contributed by atoms with Crippen molar-refractivity contribution in [3.05, 3.63) is 121 Å². The highest BCUT2D eigenvalue weighted by molar-refractivity contribution is 5.89. The zero-order valence-electron chi connectivity index (χ0n) is 19.0. The molecule has 7 rings (SSSR count). The van der Waals surface area contributed by atoms with Gasteiger partial charge in [0.1, 0.15) is 0 Å². The quantitative estimate of drug-likeness (QED) is 0.349. The Labute approximate surface area is 204 Å². The highest BCUT2D eigenvalue weighted by atomic mass is 16.6. The van der Waals surface area contributed by atoms with Crippen molar-refractivity contribution in [1.82, 2.24) is 9.97 Å². The van der Waals surface area contributed by atoms with Crippen molar-refractivity contribution in [2.45, 2.75) is 18.8 Å². The van der Waals surface area contributed by atoms with E-state index in [1.165, 1.54) is 0 Å². The van der Waals surface area contributed by atoms with Crippen LogP contribution in [0.5, 0.6) is 5.75 Å². The topological polar surface area (TPSA) is 44.7 Å². The molecule has 1 aromatic heterocycles. The van der Waals surface area contributed by atoms with Gasteiger partial charge in [-0.1, -0.05) is 60.7 Å². The van der Waals surface area contributed by atoms with Crippen LogP contribution in [-0.4, -0.2) is 15.9 Å². The second-order valence-electron chi connectivity index (χ2n) is 8.65. The lowest BCUT2D eigenvalue weighted by Gasteiger charge is -2.46. The molecule has 35 heavy (non-hydrogen) atoms. The third kappa shape index (κ3) is 2.83. The molecule has 6 heteroatoms. The Balaban J connectivity index is 1.57. The van der Waals surface area contributed by atoms with Crippen molar-refractivity contribution in [2.24, 2.45) is 0 Å². The summed E-state index contributed by atoms with van der Waals surface area (Å²) >= 11 is 0. The zero-order valence-corrected chi connectivity index (χ0v) is 19.0. The highest BCUT2D eigenvalue weighted by Crippen LogP contribution is 2.59. The maximum Gasteiger partial charge on any atom is 0.370 e. The maximum atomic E-state index is 7.07. The molecular formula is C29H23N5O. The third-order valence-corrected chi connectivity index (χ3v) is 6.62. The van der Waals surface area contributed by atoms with E-state index >= 15 is 0 Å². The average Bonchev–Trinajstić information content (AvgIpc) is 3.41. The van der Waals surface area contributed by atoms with Crippen LogP contribution >= 0.6 is 0 Å². The molecule has 3 heterocycles. The maximum absolute atomic E-state index is 7.07. The number of aromatic nitrogens is 2. The first-order valence-electron chi connectivity index (χ1n) is 11.8. The minimum absolute atomic E-state index is 0.753. The number of para-hydroxylation sites is 4. The van der Waals surface area contributed by atoms with E-state index in [9.17, 15) is 0 Å². The molecule has 0 saturated carbocycles. The van der Waals surface area contributed by atoms with Crippen LogP contribution in [0.15, 0.2) is 121 Å². The normalized spacial score (nSPS) is 20.0. The highest BCUT2D eigenvalue weighted by Gasteiger charge is 2.64. The summed E-state index contributed by atoms with van der Waals surface area (Å²) in [6.45, 7) is 0. The molecule has 0 bridgehead atoms. The fourth-order valence-corrected chi connectivity index (χ4v) is 5.24. The number of rotatable bonds is 3. The minimum Gasteiger partial charge on any atom is -0.429 e. The zero-order chi connectivity index (χ0) is 23.2. The van der Waals surface area contributed by atoms with E-state index in [0.29, 0.717) is 0 Å². The van der Waals surface area contributed by atoms with Crippen LogP contribution in [0.25, 0.3) is 0 Å². The van der Waals surface area contributed by atoms with Gasteiger partial charge in [0.2, 0.25) is 0 Å². The van der Waals surface area contributed by atoms with Crippen molar-refractivity contribution >= 4 is 28.7 Å². The number of benzene rings is 3. The molecule has 0 radical (unpaired) electrons. The Morgan fingerprint density at radius 1 is 0.686 bits per heavy atom. The van der Waals surface area contributed by atoms with Crippen LogP contribution in [0.1, 0.15) is 12.8 Å². The molecule has 0 amide bonds. The van der Waals surface area contributed by atoms with E-state index < -0.39 is 5.97 Å². The molecule has 2 aliphatic heterocycles. The van der Waals surface area contributed by atoms with Gasteiger partial charge in [0.15, 0.2) is 17.4 Å². The van der Waals surface area contributed by atoms with Gasteiger partial charge >= 0.3 is 5.97 Å². The molecule has 3 aromatic carbocycles. The Morgan fingerprint density at radius 2 is 1.31 bits per heavy atom. The van der Waals surface area contributed by atoms with Gasteiger partial charge in [-0.2, -0.15) is 0 Å². The van der Waals surface area contributed by atoms with Crippen molar-refractivity contribution in [1.29, 1.82) is 0 Å². The van der Waals surface area contributed by atoms with Crippen LogP contribution in [0.3, 0.4) is 0 Å². The van der Waals surface area contributed by atoms with Crippen LogP contribution in [0, 0.1) is 0 Å². The molecule has 1 aliphatic carbocycles. The van der Waals surface area contributed by atoms with E-state index in [-0.39, 0.29) is 0 Å². The summed E-state index contributed by atoms with van der Waals surface area (Å²) in [5.74, 6) is 1.23. The minimum atomic E-state index is -1.10. The van der Waals surface area contributed by atoms with Crippen LogP contribution in [-0.2, 0) is 0 Å². The van der Waals surface area contributed by atoms with E-state index in [1.807, 2.05) is 36.4 Å². The molecule has 0 N–H and O–H groups in total. The summed E-state index contributed by atoms with van der Waals surface area (Å²) in [5.41, 5.74) is 4.10. The van der Waals surface area contributed by atoms with Crippen molar-refractivity contribution < 1.29 is 4.74 Å². The standard InChI is InChI=1S/C29H23N5O/c1-4-12-22(13-5-1)32-25-18-10-11-19-26(25)35-29(32)33(23-14-6-2-7-15-23)27-28(31-21-20-30-27)34(29)24-16-8-3-9-17-24/h1-8,10-16,18-21H,9,17H2. The number of hydrogen-bond donors (Lipinski definition) is 0. The Hall–Kier alpha value is -4.58. The van der Waals surface area contributed by atoms with Gasteiger partial charge < -0.3 is 4.74 Å². The predicted molar refractivity (Wildman–Crippen MR) is 138 cm³/mol. The third-order valence-electron chi connectivity index (χ3n) is 6.62. The van der Waals surface area contributed by atoms with Crippen LogP contribution < -0.4 is 19.4 Å².